The Hall–Kier alpha value is -2.42. The third-order valence-electron chi connectivity index (χ3n) is 3.07. The molecule has 0 spiro atoms. The number of amides is 1. The highest BCUT2D eigenvalue weighted by Crippen LogP contribution is 2.36. The van der Waals surface area contributed by atoms with Gasteiger partial charge in [-0.3, -0.25) is 14.9 Å². The maximum Gasteiger partial charge on any atom is 0.417 e. The van der Waals surface area contributed by atoms with Crippen molar-refractivity contribution in [3.63, 3.8) is 0 Å². The monoisotopic (exact) mass is 402 g/mol. The van der Waals surface area contributed by atoms with Crippen LogP contribution in [-0.2, 0) is 17.4 Å². The molecule has 0 saturated heterocycles. The molecule has 126 valence electrons. The number of nitrogens with zero attached hydrogens (tertiary/aromatic N) is 1. The lowest BCUT2D eigenvalue weighted by molar-refractivity contribution is -0.384. The molecule has 0 aliphatic carbocycles. The fourth-order valence-electron chi connectivity index (χ4n) is 1.95. The first-order valence-electron chi connectivity index (χ1n) is 6.57. The van der Waals surface area contributed by atoms with Crippen LogP contribution in [0.25, 0.3) is 0 Å². The van der Waals surface area contributed by atoms with Gasteiger partial charge in [-0.15, -0.1) is 0 Å². The minimum Gasteiger partial charge on any atom is -0.326 e. The van der Waals surface area contributed by atoms with Crippen LogP contribution in [0.3, 0.4) is 0 Å². The van der Waals surface area contributed by atoms with Gasteiger partial charge in [-0.25, -0.2) is 0 Å². The van der Waals surface area contributed by atoms with Crippen LogP contribution in [0, 0.1) is 10.1 Å². The minimum atomic E-state index is -4.54. The molecule has 0 atom stereocenters. The van der Waals surface area contributed by atoms with Crippen molar-refractivity contribution >= 4 is 33.2 Å². The molecule has 1 amide bonds. The summed E-state index contributed by atoms with van der Waals surface area (Å²) in [6.45, 7) is 0. The molecule has 0 aliphatic rings. The molecule has 0 radical (unpaired) electrons. The quantitative estimate of drug-likeness (QED) is 0.601. The summed E-state index contributed by atoms with van der Waals surface area (Å²) >= 11 is 2.82. The van der Waals surface area contributed by atoms with E-state index in [1.165, 1.54) is 36.4 Å². The van der Waals surface area contributed by atoms with E-state index >= 15 is 0 Å². The number of carbonyl (C=O) groups excluding carboxylic acids is 1. The molecule has 2 aromatic rings. The van der Waals surface area contributed by atoms with Gasteiger partial charge in [-0.05, 0) is 23.8 Å². The predicted octanol–water partition coefficient (Wildman–Crippen LogP) is 4.56. The van der Waals surface area contributed by atoms with Gasteiger partial charge in [0.05, 0.1) is 16.9 Å². The van der Waals surface area contributed by atoms with Crippen molar-refractivity contribution in [2.45, 2.75) is 12.6 Å². The number of alkyl halides is 3. The van der Waals surface area contributed by atoms with E-state index in [0.717, 1.165) is 6.07 Å². The Morgan fingerprint density at radius 2 is 1.79 bits per heavy atom. The van der Waals surface area contributed by atoms with Gasteiger partial charge in [-0.2, -0.15) is 13.2 Å². The summed E-state index contributed by atoms with van der Waals surface area (Å²) in [7, 11) is 0. The number of nitrogens with one attached hydrogen (secondary N) is 1. The van der Waals surface area contributed by atoms with Crippen molar-refractivity contribution in [1.82, 2.24) is 0 Å². The normalized spacial score (nSPS) is 11.2. The van der Waals surface area contributed by atoms with Crippen LogP contribution in [0.5, 0.6) is 0 Å². The van der Waals surface area contributed by atoms with Crippen LogP contribution < -0.4 is 5.32 Å². The zero-order valence-corrected chi connectivity index (χ0v) is 13.5. The standard InChI is InChI=1S/C15H10BrF3N2O3/c16-13-6-3-10(8-12(13)15(17,18)19)20-14(22)7-9-1-4-11(5-2-9)21(23)24/h1-6,8H,7H2,(H,20,22). The first-order chi connectivity index (χ1) is 11.2. The molecule has 0 saturated carbocycles. The van der Waals surface area contributed by atoms with Crippen LogP contribution in [0.1, 0.15) is 11.1 Å². The highest BCUT2D eigenvalue weighted by Gasteiger charge is 2.33. The maximum absolute atomic E-state index is 12.8. The predicted molar refractivity (Wildman–Crippen MR) is 84.6 cm³/mol. The number of anilines is 1. The summed E-state index contributed by atoms with van der Waals surface area (Å²) in [6, 6.07) is 8.71. The number of non-ortho nitro benzene ring substituents is 1. The van der Waals surface area contributed by atoms with Crippen LogP contribution >= 0.6 is 15.9 Å². The number of benzene rings is 2. The Kier molecular flexibility index (Phi) is 5.23. The summed E-state index contributed by atoms with van der Waals surface area (Å²) in [5, 5.41) is 12.9. The number of hydrogen-bond donors (Lipinski definition) is 1. The molecule has 0 aromatic heterocycles. The topological polar surface area (TPSA) is 72.2 Å². The molecule has 5 nitrogen and oxygen atoms in total. The number of nitro groups is 1. The van der Waals surface area contributed by atoms with Gasteiger partial charge < -0.3 is 5.32 Å². The Labute approximate surface area is 142 Å². The lowest BCUT2D eigenvalue weighted by Gasteiger charge is -2.12. The van der Waals surface area contributed by atoms with E-state index in [1.54, 1.807) is 0 Å². The fourth-order valence-corrected chi connectivity index (χ4v) is 2.42. The van der Waals surface area contributed by atoms with E-state index in [9.17, 15) is 28.1 Å². The highest BCUT2D eigenvalue weighted by molar-refractivity contribution is 9.10. The summed E-state index contributed by atoms with van der Waals surface area (Å²) < 4.78 is 38.3. The Bertz CT molecular complexity index is 777. The molecule has 2 rings (SSSR count). The summed E-state index contributed by atoms with van der Waals surface area (Å²) in [5.74, 6) is -0.528. The van der Waals surface area contributed by atoms with Crippen molar-refractivity contribution in [1.29, 1.82) is 0 Å². The van der Waals surface area contributed by atoms with Gasteiger partial charge in [-0.1, -0.05) is 28.1 Å². The lowest BCUT2D eigenvalue weighted by atomic mass is 10.1. The van der Waals surface area contributed by atoms with Gasteiger partial charge in [0, 0.05) is 22.3 Å². The Balaban J connectivity index is 2.08. The van der Waals surface area contributed by atoms with Crippen molar-refractivity contribution in [2.24, 2.45) is 0 Å². The molecule has 2 aromatic carbocycles. The first kappa shape index (κ1) is 17.9. The summed E-state index contributed by atoms with van der Waals surface area (Å²) in [6.07, 6.45) is -4.66. The summed E-state index contributed by atoms with van der Waals surface area (Å²) in [4.78, 5) is 21.9. The average Bonchev–Trinajstić information content (AvgIpc) is 2.48. The zero-order valence-electron chi connectivity index (χ0n) is 11.9. The van der Waals surface area contributed by atoms with E-state index in [2.05, 4.69) is 21.2 Å². The molecule has 9 heteroatoms. The lowest BCUT2D eigenvalue weighted by Crippen LogP contribution is -2.15. The molecule has 1 N–H and O–H groups in total. The van der Waals surface area contributed by atoms with E-state index < -0.39 is 22.6 Å². The Morgan fingerprint density at radius 1 is 1.17 bits per heavy atom. The fraction of sp³-hybridized carbons (Fsp3) is 0.133. The minimum absolute atomic E-state index is 0.0115. The highest BCUT2D eigenvalue weighted by atomic mass is 79.9. The second kappa shape index (κ2) is 7.00. The molecule has 0 heterocycles. The van der Waals surface area contributed by atoms with Crippen molar-refractivity contribution in [3.05, 3.63) is 68.2 Å². The molecular formula is C15H10BrF3N2O3. The molecule has 0 fully saturated rings. The SMILES string of the molecule is O=C(Cc1ccc([N+](=O)[O-])cc1)Nc1ccc(Br)c(C(F)(F)F)c1. The van der Waals surface area contributed by atoms with Gasteiger partial charge in [0.25, 0.3) is 5.69 Å². The van der Waals surface area contributed by atoms with E-state index in [0.29, 0.717) is 5.56 Å². The average molecular weight is 403 g/mol. The third-order valence-corrected chi connectivity index (χ3v) is 3.76. The summed E-state index contributed by atoms with van der Waals surface area (Å²) in [5.41, 5.74) is -0.485. The smallest absolute Gasteiger partial charge is 0.326 e. The van der Waals surface area contributed by atoms with Gasteiger partial charge >= 0.3 is 6.18 Å². The van der Waals surface area contributed by atoms with Crippen molar-refractivity contribution in [2.75, 3.05) is 5.32 Å². The molecule has 0 bridgehead atoms. The molecule has 0 unspecified atom stereocenters. The number of nitro benzene ring substituents is 1. The van der Waals surface area contributed by atoms with Gasteiger partial charge in [0.2, 0.25) is 5.91 Å². The number of halogens is 4. The third kappa shape index (κ3) is 4.54. The number of rotatable bonds is 4. The number of carbonyl (C=O) groups is 1. The van der Waals surface area contributed by atoms with E-state index in [1.807, 2.05) is 0 Å². The molecular weight excluding hydrogens is 393 g/mol. The van der Waals surface area contributed by atoms with Crippen molar-refractivity contribution in [3.8, 4) is 0 Å². The zero-order chi connectivity index (χ0) is 17.9. The van der Waals surface area contributed by atoms with Crippen LogP contribution in [0.2, 0.25) is 0 Å². The second-order valence-corrected chi connectivity index (χ2v) is 5.70. The van der Waals surface area contributed by atoms with Crippen LogP contribution in [-0.4, -0.2) is 10.8 Å². The van der Waals surface area contributed by atoms with Gasteiger partial charge in [0.1, 0.15) is 0 Å². The molecule has 0 aliphatic heterocycles. The maximum atomic E-state index is 12.8. The van der Waals surface area contributed by atoms with Crippen LogP contribution in [0.15, 0.2) is 46.9 Å². The van der Waals surface area contributed by atoms with Crippen LogP contribution in [0.4, 0.5) is 24.5 Å². The van der Waals surface area contributed by atoms with Gasteiger partial charge in [0.15, 0.2) is 0 Å². The Morgan fingerprint density at radius 3 is 2.33 bits per heavy atom. The number of hydrogen-bond acceptors (Lipinski definition) is 3. The largest absolute Gasteiger partial charge is 0.417 e. The second-order valence-electron chi connectivity index (χ2n) is 4.84. The van der Waals surface area contributed by atoms with E-state index in [4.69, 9.17) is 0 Å². The van der Waals surface area contributed by atoms with E-state index in [-0.39, 0.29) is 22.3 Å². The van der Waals surface area contributed by atoms with Crippen molar-refractivity contribution < 1.29 is 22.9 Å². The first-order valence-corrected chi connectivity index (χ1v) is 7.36. The molecule has 24 heavy (non-hydrogen) atoms.